The van der Waals surface area contributed by atoms with Crippen LogP contribution in [0.25, 0.3) is 0 Å². The molecule has 148 valence electrons. The summed E-state index contributed by atoms with van der Waals surface area (Å²) in [7, 11) is 1.68. The lowest BCUT2D eigenvalue weighted by Gasteiger charge is -2.40. The third kappa shape index (κ3) is 2.60. The lowest BCUT2D eigenvalue weighted by atomic mass is 10.1. The summed E-state index contributed by atoms with van der Waals surface area (Å²) < 4.78 is 0. The first-order valence-corrected chi connectivity index (χ1v) is 9.86. The number of hydrogen-bond donors (Lipinski definition) is 0. The number of halogens is 2. The molecule has 3 amide bonds. The second kappa shape index (κ2) is 6.67. The van der Waals surface area contributed by atoms with Crippen LogP contribution in [0.15, 0.2) is 34.6 Å². The number of fused-ring (bicyclic) bond motifs is 3. The SMILES string of the molecule is CCN1C2=NC3C(C(=O)N(Cc4ccc(Cl)c(Cl)c4)C(=O)N3C)N2C(C)=C1C. The Labute approximate surface area is 173 Å². The van der Waals surface area contributed by atoms with E-state index in [1.54, 1.807) is 25.2 Å². The largest absolute Gasteiger partial charge is 0.328 e. The van der Waals surface area contributed by atoms with Crippen molar-refractivity contribution in [3.8, 4) is 0 Å². The Hall–Kier alpha value is -2.25. The summed E-state index contributed by atoms with van der Waals surface area (Å²) in [6, 6.07) is 4.17. The molecule has 1 fully saturated rings. The maximum atomic E-state index is 13.4. The van der Waals surface area contributed by atoms with Crippen LogP contribution >= 0.6 is 23.2 Å². The minimum Gasteiger partial charge on any atom is -0.315 e. The Balaban J connectivity index is 1.68. The molecule has 1 aromatic carbocycles. The van der Waals surface area contributed by atoms with Crippen molar-refractivity contribution < 1.29 is 9.59 Å². The fraction of sp³-hybridized carbons (Fsp3) is 0.421. The highest BCUT2D eigenvalue weighted by Crippen LogP contribution is 2.38. The molecule has 2 atom stereocenters. The first-order valence-electron chi connectivity index (χ1n) is 9.10. The van der Waals surface area contributed by atoms with Gasteiger partial charge in [0, 0.05) is 25.0 Å². The second-order valence-electron chi connectivity index (χ2n) is 7.14. The Morgan fingerprint density at radius 2 is 1.79 bits per heavy atom. The van der Waals surface area contributed by atoms with Gasteiger partial charge in [0.25, 0.3) is 5.91 Å². The maximum absolute atomic E-state index is 13.4. The van der Waals surface area contributed by atoms with Crippen molar-refractivity contribution in [2.75, 3.05) is 13.6 Å². The normalized spacial score (nSPS) is 24.3. The number of imide groups is 1. The summed E-state index contributed by atoms with van der Waals surface area (Å²) in [5.41, 5.74) is 2.80. The van der Waals surface area contributed by atoms with Crippen molar-refractivity contribution in [1.29, 1.82) is 0 Å². The Morgan fingerprint density at radius 1 is 1.07 bits per heavy atom. The standard InChI is InChI=1S/C19H21Cl2N5O2/c1-5-24-10(2)11(3)26-15-16(22-18(24)26)23(4)19(28)25(17(15)27)9-12-6-7-13(20)14(21)8-12/h6-8,15-16H,5,9H2,1-4H3. The molecule has 9 heteroatoms. The van der Waals surface area contributed by atoms with E-state index in [4.69, 9.17) is 28.2 Å². The number of benzene rings is 1. The number of hydrogen-bond acceptors (Lipinski definition) is 5. The van der Waals surface area contributed by atoms with E-state index in [1.165, 1.54) is 9.80 Å². The maximum Gasteiger partial charge on any atom is 0.328 e. The van der Waals surface area contributed by atoms with Crippen LogP contribution in [0.1, 0.15) is 26.3 Å². The van der Waals surface area contributed by atoms with Crippen molar-refractivity contribution in [2.24, 2.45) is 4.99 Å². The van der Waals surface area contributed by atoms with Crippen molar-refractivity contribution in [1.82, 2.24) is 19.6 Å². The third-order valence-corrected chi connectivity index (χ3v) is 6.38. The number of nitrogens with zero attached hydrogens (tertiary/aromatic N) is 5. The van der Waals surface area contributed by atoms with Gasteiger partial charge in [0.1, 0.15) is 0 Å². The molecule has 1 saturated heterocycles. The van der Waals surface area contributed by atoms with Crippen LogP contribution in [0, 0.1) is 0 Å². The Bertz CT molecular complexity index is 944. The predicted molar refractivity (Wildman–Crippen MR) is 108 cm³/mol. The van der Waals surface area contributed by atoms with Crippen LogP contribution in [0.5, 0.6) is 0 Å². The Morgan fingerprint density at radius 3 is 2.43 bits per heavy atom. The van der Waals surface area contributed by atoms with Gasteiger partial charge in [-0.15, -0.1) is 0 Å². The molecule has 0 saturated carbocycles. The Kier molecular flexibility index (Phi) is 4.55. The highest BCUT2D eigenvalue weighted by atomic mass is 35.5. The van der Waals surface area contributed by atoms with Gasteiger partial charge in [-0.3, -0.25) is 14.6 Å². The first kappa shape index (κ1) is 19.1. The van der Waals surface area contributed by atoms with Crippen molar-refractivity contribution in [3.05, 3.63) is 45.2 Å². The third-order valence-electron chi connectivity index (χ3n) is 5.64. The number of rotatable bonds is 3. The lowest BCUT2D eigenvalue weighted by molar-refractivity contribution is -0.137. The molecule has 3 aliphatic rings. The average Bonchev–Trinajstić information content (AvgIpc) is 3.16. The summed E-state index contributed by atoms with van der Waals surface area (Å²) in [6.07, 6.45) is -0.530. The number of amides is 3. The van der Waals surface area contributed by atoms with Gasteiger partial charge in [-0.1, -0.05) is 29.3 Å². The smallest absolute Gasteiger partial charge is 0.315 e. The van der Waals surface area contributed by atoms with Crippen LogP contribution in [0.4, 0.5) is 4.79 Å². The number of allylic oxidation sites excluding steroid dienone is 2. The van der Waals surface area contributed by atoms with Gasteiger partial charge < -0.3 is 9.80 Å². The van der Waals surface area contributed by atoms with Crippen LogP contribution in [0.2, 0.25) is 10.0 Å². The molecule has 1 aromatic rings. The van der Waals surface area contributed by atoms with Crippen LogP contribution in [0.3, 0.4) is 0 Å². The highest BCUT2D eigenvalue weighted by Gasteiger charge is 2.55. The van der Waals surface area contributed by atoms with Crippen LogP contribution in [-0.2, 0) is 11.3 Å². The van der Waals surface area contributed by atoms with Gasteiger partial charge in [-0.05, 0) is 38.5 Å². The first-order chi connectivity index (χ1) is 13.3. The molecule has 0 N–H and O–H groups in total. The van der Waals surface area contributed by atoms with Gasteiger partial charge in [0.2, 0.25) is 5.96 Å². The van der Waals surface area contributed by atoms with E-state index in [-0.39, 0.29) is 18.5 Å². The molecule has 3 aliphatic heterocycles. The molecular weight excluding hydrogens is 401 g/mol. The average molecular weight is 422 g/mol. The minimum absolute atomic E-state index is 0.129. The zero-order valence-electron chi connectivity index (χ0n) is 16.1. The molecular formula is C19H21Cl2N5O2. The van der Waals surface area contributed by atoms with E-state index in [1.807, 2.05) is 25.7 Å². The highest BCUT2D eigenvalue weighted by molar-refractivity contribution is 6.42. The van der Waals surface area contributed by atoms with Crippen molar-refractivity contribution in [2.45, 2.75) is 39.5 Å². The van der Waals surface area contributed by atoms with E-state index < -0.39 is 12.2 Å². The number of carbonyl (C=O) groups excluding carboxylic acids is 2. The molecule has 0 radical (unpaired) electrons. The number of aliphatic imine (C=N–C) groups is 1. The fourth-order valence-corrected chi connectivity index (χ4v) is 4.35. The second-order valence-corrected chi connectivity index (χ2v) is 7.95. The molecule has 7 nitrogen and oxygen atoms in total. The van der Waals surface area contributed by atoms with E-state index in [2.05, 4.69) is 4.90 Å². The fourth-order valence-electron chi connectivity index (χ4n) is 4.03. The quantitative estimate of drug-likeness (QED) is 0.750. The van der Waals surface area contributed by atoms with E-state index in [9.17, 15) is 9.59 Å². The molecule has 4 rings (SSSR count). The van der Waals surface area contributed by atoms with Gasteiger partial charge in [-0.25, -0.2) is 9.79 Å². The lowest BCUT2D eigenvalue weighted by Crippen LogP contribution is -2.64. The van der Waals surface area contributed by atoms with Gasteiger partial charge >= 0.3 is 6.03 Å². The molecule has 2 unspecified atom stereocenters. The zero-order valence-corrected chi connectivity index (χ0v) is 17.6. The summed E-state index contributed by atoms with van der Waals surface area (Å²) in [5, 5.41) is 0.821. The molecule has 3 heterocycles. The molecule has 28 heavy (non-hydrogen) atoms. The van der Waals surface area contributed by atoms with Crippen molar-refractivity contribution in [3.63, 3.8) is 0 Å². The number of urea groups is 1. The van der Waals surface area contributed by atoms with E-state index in [0.29, 0.717) is 10.0 Å². The van der Waals surface area contributed by atoms with Crippen LogP contribution in [-0.4, -0.2) is 63.3 Å². The number of carbonyl (C=O) groups is 2. The topological polar surface area (TPSA) is 59.5 Å². The van der Waals surface area contributed by atoms with Crippen molar-refractivity contribution >= 4 is 41.1 Å². The molecule has 0 spiro atoms. The summed E-state index contributed by atoms with van der Waals surface area (Å²) in [4.78, 5) is 37.8. The van der Waals surface area contributed by atoms with Gasteiger partial charge in [0.15, 0.2) is 12.2 Å². The van der Waals surface area contributed by atoms with Gasteiger partial charge in [0.05, 0.1) is 16.6 Å². The number of likely N-dealkylation sites (N-methyl/N-ethyl adjacent to an activating group) is 1. The molecule has 0 bridgehead atoms. The molecule has 0 aromatic heterocycles. The van der Waals surface area contributed by atoms with Crippen LogP contribution < -0.4 is 0 Å². The summed E-state index contributed by atoms with van der Waals surface area (Å²) >= 11 is 12.1. The number of guanidine groups is 1. The van der Waals surface area contributed by atoms with E-state index >= 15 is 0 Å². The zero-order chi connectivity index (χ0) is 20.3. The monoisotopic (exact) mass is 421 g/mol. The minimum atomic E-state index is -0.563. The van der Waals surface area contributed by atoms with E-state index in [0.717, 1.165) is 29.5 Å². The predicted octanol–water partition coefficient (Wildman–Crippen LogP) is 3.34. The van der Waals surface area contributed by atoms with Gasteiger partial charge in [-0.2, -0.15) is 0 Å². The summed E-state index contributed by atoms with van der Waals surface area (Å²) in [5.74, 6) is 0.472. The summed E-state index contributed by atoms with van der Waals surface area (Å²) in [6.45, 7) is 6.92. The molecule has 0 aliphatic carbocycles.